The van der Waals surface area contributed by atoms with Gasteiger partial charge in [0.2, 0.25) is 0 Å². The molecule has 0 aliphatic rings. The van der Waals surface area contributed by atoms with Crippen LogP contribution in [-0.4, -0.2) is 19.2 Å². The Labute approximate surface area is 131 Å². The molecule has 0 bridgehead atoms. The summed E-state index contributed by atoms with van der Waals surface area (Å²) >= 11 is 0. The smallest absolute Gasteiger partial charge is 0.333 e. The number of benzene rings is 2. The molecule has 0 aromatic heterocycles. The van der Waals surface area contributed by atoms with E-state index in [0.717, 1.165) is 16.9 Å². The standard InChI is InChI=1S/C19H20O3/c1-15(2)19(20)22-14-8-13-21-18-12-7-6-11-17(18)16-9-4-3-5-10-16/h3-7,9-12H,1,8,13-14H2,2H3. The normalized spacial score (nSPS) is 10.0. The predicted octanol–water partition coefficient (Wildman–Crippen LogP) is 4.24. The van der Waals surface area contributed by atoms with E-state index in [9.17, 15) is 4.79 Å². The van der Waals surface area contributed by atoms with E-state index in [0.29, 0.717) is 25.2 Å². The summed E-state index contributed by atoms with van der Waals surface area (Å²) in [6, 6.07) is 18.0. The number of rotatable bonds is 7. The summed E-state index contributed by atoms with van der Waals surface area (Å²) in [5.41, 5.74) is 2.59. The molecule has 0 atom stereocenters. The molecule has 0 heterocycles. The van der Waals surface area contributed by atoms with E-state index in [1.54, 1.807) is 6.92 Å². The van der Waals surface area contributed by atoms with Gasteiger partial charge >= 0.3 is 5.97 Å². The van der Waals surface area contributed by atoms with Crippen LogP contribution in [0.4, 0.5) is 0 Å². The number of hydrogen-bond donors (Lipinski definition) is 0. The molecule has 0 aliphatic heterocycles. The second kappa shape index (κ2) is 8.03. The molecular weight excluding hydrogens is 276 g/mol. The summed E-state index contributed by atoms with van der Waals surface area (Å²) in [5, 5.41) is 0. The SMILES string of the molecule is C=C(C)C(=O)OCCCOc1ccccc1-c1ccccc1. The second-order valence-electron chi connectivity index (χ2n) is 4.98. The highest BCUT2D eigenvalue weighted by atomic mass is 16.5. The van der Waals surface area contributed by atoms with E-state index in [1.165, 1.54) is 0 Å². The van der Waals surface area contributed by atoms with Crippen molar-refractivity contribution in [3.8, 4) is 16.9 Å². The highest BCUT2D eigenvalue weighted by Gasteiger charge is 2.06. The molecule has 0 amide bonds. The van der Waals surface area contributed by atoms with Gasteiger partial charge in [0.05, 0.1) is 13.2 Å². The van der Waals surface area contributed by atoms with E-state index < -0.39 is 0 Å². The first kappa shape index (κ1) is 15.8. The van der Waals surface area contributed by atoms with Gasteiger partial charge in [0.15, 0.2) is 0 Å². The quantitative estimate of drug-likeness (QED) is 0.435. The molecule has 3 heteroatoms. The monoisotopic (exact) mass is 296 g/mol. The van der Waals surface area contributed by atoms with E-state index >= 15 is 0 Å². The average Bonchev–Trinajstić information content (AvgIpc) is 2.55. The first-order valence-corrected chi connectivity index (χ1v) is 7.28. The topological polar surface area (TPSA) is 35.5 Å². The third-order valence-electron chi connectivity index (χ3n) is 3.10. The lowest BCUT2D eigenvalue weighted by atomic mass is 10.1. The molecule has 2 aromatic rings. The van der Waals surface area contributed by atoms with Gasteiger partial charge in [-0.1, -0.05) is 55.1 Å². The maximum atomic E-state index is 11.3. The van der Waals surface area contributed by atoms with Crippen LogP contribution in [0.5, 0.6) is 5.75 Å². The van der Waals surface area contributed by atoms with Crippen LogP contribution in [0.1, 0.15) is 13.3 Å². The molecule has 0 spiro atoms. The third kappa shape index (κ3) is 4.48. The molecule has 0 radical (unpaired) electrons. The zero-order valence-corrected chi connectivity index (χ0v) is 12.7. The Hall–Kier alpha value is -2.55. The van der Waals surface area contributed by atoms with Crippen molar-refractivity contribution in [3.05, 3.63) is 66.7 Å². The van der Waals surface area contributed by atoms with Crippen LogP contribution in [0.15, 0.2) is 66.7 Å². The molecule has 0 unspecified atom stereocenters. The number of carbonyl (C=O) groups excluding carboxylic acids is 1. The van der Waals surface area contributed by atoms with Gasteiger partial charge in [-0.3, -0.25) is 0 Å². The van der Waals surface area contributed by atoms with E-state index in [4.69, 9.17) is 9.47 Å². The average molecular weight is 296 g/mol. The molecule has 3 nitrogen and oxygen atoms in total. The van der Waals surface area contributed by atoms with Crippen LogP contribution >= 0.6 is 0 Å². The van der Waals surface area contributed by atoms with Gasteiger partial charge in [0.25, 0.3) is 0 Å². The van der Waals surface area contributed by atoms with Crippen LogP contribution in [-0.2, 0) is 9.53 Å². The minimum Gasteiger partial charge on any atom is -0.493 e. The van der Waals surface area contributed by atoms with Crippen LogP contribution in [0.25, 0.3) is 11.1 Å². The minimum absolute atomic E-state index is 0.333. The highest BCUT2D eigenvalue weighted by molar-refractivity contribution is 5.86. The fourth-order valence-corrected chi connectivity index (χ4v) is 1.98. The van der Waals surface area contributed by atoms with Crippen LogP contribution in [0.3, 0.4) is 0 Å². The molecule has 0 saturated carbocycles. The lowest BCUT2D eigenvalue weighted by Gasteiger charge is -2.11. The molecule has 0 fully saturated rings. The van der Waals surface area contributed by atoms with E-state index in [1.807, 2.05) is 42.5 Å². The Balaban J connectivity index is 1.89. The van der Waals surface area contributed by atoms with Crippen LogP contribution in [0, 0.1) is 0 Å². The molecule has 114 valence electrons. The second-order valence-corrected chi connectivity index (χ2v) is 4.98. The molecule has 0 saturated heterocycles. The largest absolute Gasteiger partial charge is 0.493 e. The summed E-state index contributed by atoms with van der Waals surface area (Å²) in [7, 11) is 0. The number of hydrogen-bond acceptors (Lipinski definition) is 3. The number of ether oxygens (including phenoxy) is 2. The Kier molecular flexibility index (Phi) is 5.78. The van der Waals surface area contributed by atoms with Crippen LogP contribution < -0.4 is 4.74 Å². The number of carbonyl (C=O) groups is 1. The summed E-state index contributed by atoms with van der Waals surface area (Å²) < 4.78 is 10.9. The van der Waals surface area contributed by atoms with Crippen LogP contribution in [0.2, 0.25) is 0 Å². The Morgan fingerprint density at radius 3 is 2.41 bits per heavy atom. The van der Waals surface area contributed by atoms with Crippen molar-refractivity contribution in [2.24, 2.45) is 0 Å². The van der Waals surface area contributed by atoms with Gasteiger partial charge in [-0.25, -0.2) is 4.79 Å². The Morgan fingerprint density at radius 2 is 1.68 bits per heavy atom. The van der Waals surface area contributed by atoms with Crippen molar-refractivity contribution in [2.75, 3.05) is 13.2 Å². The summed E-state index contributed by atoms with van der Waals surface area (Å²) in [6.45, 7) is 6.00. The maximum Gasteiger partial charge on any atom is 0.333 e. The summed E-state index contributed by atoms with van der Waals surface area (Å²) in [6.07, 6.45) is 0.641. The van der Waals surface area contributed by atoms with Gasteiger partial charge in [0, 0.05) is 17.6 Å². The third-order valence-corrected chi connectivity index (χ3v) is 3.10. The van der Waals surface area contributed by atoms with Crippen molar-refractivity contribution >= 4 is 5.97 Å². The van der Waals surface area contributed by atoms with Crippen molar-refractivity contribution in [1.29, 1.82) is 0 Å². The number of para-hydroxylation sites is 1. The molecule has 0 N–H and O–H groups in total. The first-order chi connectivity index (χ1) is 10.7. The molecule has 22 heavy (non-hydrogen) atoms. The van der Waals surface area contributed by atoms with E-state index in [-0.39, 0.29) is 5.97 Å². The van der Waals surface area contributed by atoms with Gasteiger partial charge in [0.1, 0.15) is 5.75 Å². The predicted molar refractivity (Wildman–Crippen MR) is 87.8 cm³/mol. The van der Waals surface area contributed by atoms with Crippen molar-refractivity contribution < 1.29 is 14.3 Å². The van der Waals surface area contributed by atoms with Crippen molar-refractivity contribution in [2.45, 2.75) is 13.3 Å². The molecule has 2 rings (SSSR count). The first-order valence-electron chi connectivity index (χ1n) is 7.28. The fraction of sp³-hybridized carbons (Fsp3) is 0.211. The van der Waals surface area contributed by atoms with Crippen molar-refractivity contribution in [1.82, 2.24) is 0 Å². The van der Waals surface area contributed by atoms with Gasteiger partial charge in [-0.05, 0) is 18.6 Å². The van der Waals surface area contributed by atoms with Gasteiger partial charge in [-0.15, -0.1) is 0 Å². The highest BCUT2D eigenvalue weighted by Crippen LogP contribution is 2.29. The lowest BCUT2D eigenvalue weighted by molar-refractivity contribution is -0.139. The molecule has 2 aromatic carbocycles. The Bertz CT molecular complexity index is 632. The van der Waals surface area contributed by atoms with Gasteiger partial charge in [-0.2, -0.15) is 0 Å². The summed E-state index contributed by atoms with van der Waals surface area (Å²) in [4.78, 5) is 11.3. The maximum absolute atomic E-state index is 11.3. The van der Waals surface area contributed by atoms with Crippen molar-refractivity contribution in [3.63, 3.8) is 0 Å². The van der Waals surface area contributed by atoms with Gasteiger partial charge < -0.3 is 9.47 Å². The lowest BCUT2D eigenvalue weighted by Crippen LogP contribution is -2.09. The summed E-state index contributed by atoms with van der Waals surface area (Å²) in [5.74, 6) is 0.476. The molecular formula is C19H20O3. The molecule has 0 aliphatic carbocycles. The zero-order valence-electron chi connectivity index (χ0n) is 12.7. The minimum atomic E-state index is -0.357. The fourth-order valence-electron chi connectivity index (χ4n) is 1.98. The van der Waals surface area contributed by atoms with E-state index in [2.05, 4.69) is 18.7 Å². The zero-order chi connectivity index (χ0) is 15.8. The number of esters is 1. The Morgan fingerprint density at radius 1 is 1.00 bits per heavy atom.